The van der Waals surface area contributed by atoms with Gasteiger partial charge in [-0.2, -0.15) is 11.8 Å². The molecule has 4 heteroatoms. The van der Waals surface area contributed by atoms with Gasteiger partial charge in [0.2, 0.25) is 5.91 Å². The Morgan fingerprint density at radius 2 is 2.15 bits per heavy atom. The van der Waals surface area contributed by atoms with Gasteiger partial charge in [0.15, 0.2) is 0 Å². The number of nitrogens with zero attached hydrogens (tertiary/aromatic N) is 1. The Morgan fingerprint density at radius 3 is 3.00 bits per heavy atom. The molecule has 2 aliphatic heterocycles. The molecule has 3 nitrogen and oxygen atoms in total. The van der Waals surface area contributed by atoms with Gasteiger partial charge in [-0.15, -0.1) is 0 Å². The standard InChI is InChI=1S/C16H22N2OS/c1-18-10-13(6-7-16(18)19)17-15-11-20-9-8-12-4-2-3-5-14(12)15/h2-5,13,15,17H,6-11H2,1H3. The van der Waals surface area contributed by atoms with Crippen LogP contribution in [-0.2, 0) is 11.2 Å². The highest BCUT2D eigenvalue weighted by Crippen LogP contribution is 2.28. The van der Waals surface area contributed by atoms with Gasteiger partial charge in [-0.3, -0.25) is 4.79 Å². The lowest BCUT2D eigenvalue weighted by molar-refractivity contribution is -0.132. The lowest BCUT2D eigenvalue weighted by Crippen LogP contribution is -2.48. The van der Waals surface area contributed by atoms with E-state index in [0.29, 0.717) is 18.5 Å². The van der Waals surface area contributed by atoms with E-state index in [1.165, 1.54) is 23.3 Å². The number of thioether (sulfide) groups is 1. The first-order chi connectivity index (χ1) is 9.74. The van der Waals surface area contributed by atoms with E-state index < -0.39 is 0 Å². The molecule has 108 valence electrons. The molecule has 1 N–H and O–H groups in total. The van der Waals surface area contributed by atoms with Crippen molar-refractivity contribution in [2.75, 3.05) is 25.1 Å². The second-order valence-electron chi connectivity index (χ2n) is 5.75. The molecular formula is C16H22N2OS. The molecule has 0 spiro atoms. The van der Waals surface area contributed by atoms with E-state index in [1.807, 2.05) is 23.7 Å². The number of nitrogens with one attached hydrogen (secondary N) is 1. The van der Waals surface area contributed by atoms with Crippen molar-refractivity contribution in [3.8, 4) is 0 Å². The molecule has 0 aliphatic carbocycles. The number of rotatable bonds is 2. The second-order valence-corrected chi connectivity index (χ2v) is 6.90. The Bertz CT molecular complexity index is 491. The van der Waals surface area contributed by atoms with Crippen molar-refractivity contribution in [3.63, 3.8) is 0 Å². The average Bonchev–Trinajstić information content (AvgIpc) is 2.66. The molecule has 1 aromatic rings. The van der Waals surface area contributed by atoms with Crippen LogP contribution in [0.5, 0.6) is 0 Å². The van der Waals surface area contributed by atoms with Crippen molar-refractivity contribution in [1.29, 1.82) is 0 Å². The fourth-order valence-electron chi connectivity index (χ4n) is 3.15. The minimum absolute atomic E-state index is 0.277. The van der Waals surface area contributed by atoms with Gasteiger partial charge in [0.05, 0.1) is 0 Å². The van der Waals surface area contributed by atoms with E-state index in [0.717, 1.165) is 18.7 Å². The summed E-state index contributed by atoms with van der Waals surface area (Å²) in [5, 5.41) is 3.79. The number of amides is 1. The molecule has 0 saturated carbocycles. The van der Waals surface area contributed by atoms with Crippen LogP contribution in [0.4, 0.5) is 0 Å². The van der Waals surface area contributed by atoms with Gasteiger partial charge in [-0.1, -0.05) is 24.3 Å². The number of likely N-dealkylation sites (N-methyl/N-ethyl adjacent to an activating group) is 1. The Morgan fingerprint density at radius 1 is 1.30 bits per heavy atom. The van der Waals surface area contributed by atoms with Crippen molar-refractivity contribution in [2.24, 2.45) is 0 Å². The molecule has 2 heterocycles. The summed E-state index contributed by atoms with van der Waals surface area (Å²) in [6.07, 6.45) is 2.81. The zero-order valence-electron chi connectivity index (χ0n) is 12.0. The van der Waals surface area contributed by atoms with Gasteiger partial charge < -0.3 is 10.2 Å². The van der Waals surface area contributed by atoms with Crippen LogP contribution < -0.4 is 5.32 Å². The van der Waals surface area contributed by atoms with Gasteiger partial charge in [0, 0.05) is 37.8 Å². The molecule has 0 aromatic heterocycles. The van der Waals surface area contributed by atoms with Crippen molar-refractivity contribution in [2.45, 2.75) is 31.3 Å². The van der Waals surface area contributed by atoms with Crippen LogP contribution in [0, 0.1) is 0 Å². The van der Waals surface area contributed by atoms with E-state index in [9.17, 15) is 4.79 Å². The summed E-state index contributed by atoms with van der Waals surface area (Å²) in [4.78, 5) is 13.4. The molecule has 0 radical (unpaired) electrons. The number of carbonyl (C=O) groups excluding carboxylic acids is 1. The first kappa shape index (κ1) is 14.0. The summed E-state index contributed by atoms with van der Waals surface area (Å²) < 4.78 is 0. The smallest absolute Gasteiger partial charge is 0.222 e. The van der Waals surface area contributed by atoms with E-state index in [-0.39, 0.29) is 5.91 Å². The number of benzene rings is 1. The van der Waals surface area contributed by atoms with Gasteiger partial charge in [0.1, 0.15) is 0 Å². The number of likely N-dealkylation sites (tertiary alicyclic amines) is 1. The van der Waals surface area contributed by atoms with Crippen molar-refractivity contribution in [1.82, 2.24) is 10.2 Å². The van der Waals surface area contributed by atoms with Crippen LogP contribution in [0.2, 0.25) is 0 Å². The van der Waals surface area contributed by atoms with Gasteiger partial charge in [-0.05, 0) is 29.7 Å². The highest BCUT2D eigenvalue weighted by Gasteiger charge is 2.26. The summed E-state index contributed by atoms with van der Waals surface area (Å²) in [7, 11) is 1.91. The second kappa shape index (κ2) is 6.19. The largest absolute Gasteiger partial charge is 0.344 e. The van der Waals surface area contributed by atoms with Crippen LogP contribution in [0.3, 0.4) is 0 Å². The fraction of sp³-hybridized carbons (Fsp3) is 0.562. The summed E-state index contributed by atoms with van der Waals surface area (Å²) in [5.74, 6) is 2.61. The minimum atomic E-state index is 0.277. The summed E-state index contributed by atoms with van der Waals surface area (Å²) in [5.41, 5.74) is 2.94. The van der Waals surface area contributed by atoms with Gasteiger partial charge in [0.25, 0.3) is 0 Å². The number of fused-ring (bicyclic) bond motifs is 1. The topological polar surface area (TPSA) is 32.3 Å². The van der Waals surface area contributed by atoms with Crippen LogP contribution in [0.1, 0.15) is 30.0 Å². The Balaban J connectivity index is 1.72. The molecule has 2 unspecified atom stereocenters. The van der Waals surface area contributed by atoms with E-state index in [2.05, 4.69) is 29.6 Å². The van der Waals surface area contributed by atoms with Crippen molar-refractivity contribution >= 4 is 17.7 Å². The molecule has 1 fully saturated rings. The SMILES string of the molecule is CN1CC(NC2CSCCc3ccccc32)CCC1=O. The molecule has 3 rings (SSSR count). The molecule has 1 aromatic carbocycles. The van der Waals surface area contributed by atoms with Crippen LogP contribution in [-0.4, -0.2) is 41.9 Å². The minimum Gasteiger partial charge on any atom is -0.344 e. The highest BCUT2D eigenvalue weighted by atomic mass is 32.2. The number of hydrogen-bond donors (Lipinski definition) is 1. The van der Waals surface area contributed by atoms with Crippen LogP contribution >= 0.6 is 11.8 Å². The zero-order valence-corrected chi connectivity index (χ0v) is 12.8. The van der Waals surface area contributed by atoms with Gasteiger partial charge >= 0.3 is 0 Å². The van der Waals surface area contributed by atoms with Gasteiger partial charge in [-0.25, -0.2) is 0 Å². The zero-order chi connectivity index (χ0) is 13.9. The first-order valence-electron chi connectivity index (χ1n) is 7.39. The third-order valence-electron chi connectivity index (χ3n) is 4.29. The molecule has 2 aliphatic rings. The van der Waals surface area contributed by atoms with E-state index in [1.54, 1.807) is 0 Å². The average molecular weight is 290 g/mol. The van der Waals surface area contributed by atoms with E-state index in [4.69, 9.17) is 0 Å². The van der Waals surface area contributed by atoms with Crippen LogP contribution in [0.25, 0.3) is 0 Å². The predicted molar refractivity (Wildman–Crippen MR) is 84.0 cm³/mol. The molecule has 2 atom stereocenters. The number of carbonyl (C=O) groups is 1. The van der Waals surface area contributed by atoms with E-state index >= 15 is 0 Å². The van der Waals surface area contributed by atoms with Crippen molar-refractivity contribution in [3.05, 3.63) is 35.4 Å². The normalized spacial score (nSPS) is 27.1. The Hall–Kier alpha value is -1.00. The Kier molecular flexibility index (Phi) is 4.32. The first-order valence-corrected chi connectivity index (χ1v) is 8.55. The lowest BCUT2D eigenvalue weighted by Gasteiger charge is -2.33. The number of piperidine rings is 1. The maximum absolute atomic E-state index is 11.6. The molecule has 1 amide bonds. The predicted octanol–water partition coefficient (Wildman–Crippen LogP) is 2.23. The fourth-order valence-corrected chi connectivity index (χ4v) is 4.19. The summed E-state index contributed by atoms with van der Waals surface area (Å²) in [6, 6.07) is 9.64. The van der Waals surface area contributed by atoms with Crippen molar-refractivity contribution < 1.29 is 4.79 Å². The molecule has 1 saturated heterocycles. The number of aryl methyl sites for hydroxylation is 1. The highest BCUT2D eigenvalue weighted by molar-refractivity contribution is 7.99. The monoisotopic (exact) mass is 290 g/mol. The lowest BCUT2D eigenvalue weighted by atomic mass is 9.97. The molecule has 0 bridgehead atoms. The maximum atomic E-state index is 11.6. The summed E-state index contributed by atoms with van der Waals surface area (Å²) in [6.45, 7) is 0.835. The third-order valence-corrected chi connectivity index (χ3v) is 5.36. The quantitative estimate of drug-likeness (QED) is 0.906. The maximum Gasteiger partial charge on any atom is 0.222 e. The Labute approximate surface area is 125 Å². The summed E-state index contributed by atoms with van der Waals surface area (Å²) >= 11 is 2.03. The van der Waals surface area contributed by atoms with Crippen LogP contribution in [0.15, 0.2) is 24.3 Å². The molecular weight excluding hydrogens is 268 g/mol. The third kappa shape index (κ3) is 3.01. The molecule has 20 heavy (non-hydrogen) atoms. The number of hydrogen-bond acceptors (Lipinski definition) is 3.